The van der Waals surface area contributed by atoms with Gasteiger partial charge >= 0.3 is 17.9 Å². The van der Waals surface area contributed by atoms with Gasteiger partial charge in [-0.2, -0.15) is 0 Å². The van der Waals surface area contributed by atoms with Crippen LogP contribution in [0.15, 0.2) is 42.5 Å². The summed E-state index contributed by atoms with van der Waals surface area (Å²) in [5, 5.41) is 11.8. The van der Waals surface area contributed by atoms with Crippen molar-refractivity contribution in [3.8, 4) is 17.1 Å². The van der Waals surface area contributed by atoms with Gasteiger partial charge in [0.25, 0.3) is 0 Å². The first kappa shape index (κ1) is 24.5. The van der Waals surface area contributed by atoms with E-state index >= 15 is 0 Å². The molecule has 1 aliphatic heterocycles. The molecular weight excluding hydrogens is 450 g/mol. The molecule has 0 bridgehead atoms. The topological polar surface area (TPSA) is 121 Å². The lowest BCUT2D eigenvalue weighted by Gasteiger charge is -2.45. The number of methoxy groups -OCH3 is 1. The van der Waals surface area contributed by atoms with E-state index in [9.17, 15) is 19.5 Å². The van der Waals surface area contributed by atoms with E-state index in [0.717, 1.165) is 11.8 Å². The van der Waals surface area contributed by atoms with Crippen LogP contribution >= 0.6 is 11.8 Å². The van der Waals surface area contributed by atoms with Crippen LogP contribution in [0, 0.1) is 0 Å². The zero-order valence-corrected chi connectivity index (χ0v) is 19.5. The number of nitrogens with zero attached hydrogens (tertiary/aromatic N) is 1. The molecule has 1 aliphatic rings. The van der Waals surface area contributed by atoms with Crippen LogP contribution in [0.3, 0.4) is 0 Å². The van der Waals surface area contributed by atoms with Gasteiger partial charge < -0.3 is 24.1 Å². The molecule has 0 radical (unpaired) electrons. The Bertz CT molecular complexity index is 1040. The van der Waals surface area contributed by atoms with Crippen LogP contribution in [0.2, 0.25) is 0 Å². The number of thioether (sulfide) groups is 1. The van der Waals surface area contributed by atoms with Gasteiger partial charge in [0.05, 0.1) is 12.8 Å². The van der Waals surface area contributed by atoms with Crippen molar-refractivity contribution in [3.63, 3.8) is 0 Å². The second-order valence-corrected chi connectivity index (χ2v) is 8.65. The molecule has 2 heterocycles. The molecule has 4 atom stereocenters. The highest BCUT2D eigenvalue weighted by atomic mass is 32.2. The molecule has 9 nitrogen and oxygen atoms in total. The van der Waals surface area contributed by atoms with Crippen molar-refractivity contribution in [2.75, 3.05) is 12.9 Å². The van der Waals surface area contributed by atoms with Crippen LogP contribution < -0.4 is 4.74 Å². The monoisotopic (exact) mass is 475 g/mol. The standard InChI is InChI=1S/C23H25NO8S/c1-13(25)30-19-12-33-23(28,22(32-15(3)27)21(19)31-14(2)26)17-8-5-7-16(11-17)18-9-6-10-20(24-18)29-4/h5-11,19,21-22,28H,12H2,1-4H3/t19-,21+,22-,23-/m1/s1. The van der Waals surface area contributed by atoms with Gasteiger partial charge in [-0.3, -0.25) is 14.4 Å². The SMILES string of the molecule is COc1cccc(-c2cccc([C@@]3(O)SC[C@@H](OC(C)=O)[C@H](OC(C)=O)[C@H]3OC(C)=O)c2)n1. The van der Waals surface area contributed by atoms with E-state index in [0.29, 0.717) is 22.7 Å². The van der Waals surface area contributed by atoms with Gasteiger partial charge in [0.1, 0.15) is 0 Å². The first-order valence-electron chi connectivity index (χ1n) is 10.1. The second kappa shape index (κ2) is 10.2. The minimum Gasteiger partial charge on any atom is -0.481 e. The Kier molecular flexibility index (Phi) is 7.60. The van der Waals surface area contributed by atoms with Gasteiger partial charge in [0.15, 0.2) is 23.2 Å². The highest BCUT2D eigenvalue weighted by Gasteiger charge is 2.55. The predicted octanol–water partition coefficient (Wildman–Crippen LogP) is 2.44. The number of aromatic nitrogens is 1. The molecule has 33 heavy (non-hydrogen) atoms. The average molecular weight is 476 g/mol. The molecular formula is C23H25NO8S. The summed E-state index contributed by atoms with van der Waals surface area (Å²) in [4.78, 5) is 38.0. The molecule has 1 saturated heterocycles. The van der Waals surface area contributed by atoms with Crippen molar-refractivity contribution >= 4 is 29.7 Å². The van der Waals surface area contributed by atoms with E-state index in [-0.39, 0.29) is 5.75 Å². The average Bonchev–Trinajstić information content (AvgIpc) is 2.77. The van der Waals surface area contributed by atoms with Crippen LogP contribution in [0.1, 0.15) is 26.3 Å². The lowest BCUT2D eigenvalue weighted by atomic mass is 9.94. The van der Waals surface area contributed by atoms with Crippen LogP contribution in [0.5, 0.6) is 5.88 Å². The van der Waals surface area contributed by atoms with Crippen molar-refractivity contribution in [3.05, 3.63) is 48.0 Å². The third-order valence-electron chi connectivity index (χ3n) is 4.94. The molecule has 176 valence electrons. The number of hydrogen-bond donors (Lipinski definition) is 1. The number of aliphatic hydroxyl groups is 1. The maximum Gasteiger partial charge on any atom is 0.303 e. The van der Waals surface area contributed by atoms with Crippen molar-refractivity contribution < 1.29 is 38.4 Å². The minimum atomic E-state index is -1.79. The molecule has 2 aromatic rings. The van der Waals surface area contributed by atoms with Gasteiger partial charge in [0, 0.05) is 38.2 Å². The fourth-order valence-corrected chi connectivity index (χ4v) is 4.93. The lowest BCUT2D eigenvalue weighted by Crippen LogP contribution is -2.58. The smallest absolute Gasteiger partial charge is 0.303 e. The number of benzene rings is 1. The quantitative estimate of drug-likeness (QED) is 0.492. The Labute approximate surface area is 195 Å². The Balaban J connectivity index is 2.06. The first-order valence-corrected chi connectivity index (χ1v) is 11.1. The molecule has 1 aromatic heterocycles. The van der Waals surface area contributed by atoms with Crippen LogP contribution in [-0.2, 0) is 33.5 Å². The minimum absolute atomic E-state index is 0.105. The number of carbonyl (C=O) groups excluding carboxylic acids is 3. The van der Waals surface area contributed by atoms with Crippen molar-refractivity contribution in [2.24, 2.45) is 0 Å². The predicted molar refractivity (Wildman–Crippen MR) is 119 cm³/mol. The molecule has 3 rings (SSSR count). The van der Waals surface area contributed by atoms with E-state index in [2.05, 4.69) is 4.98 Å². The van der Waals surface area contributed by atoms with E-state index < -0.39 is 41.2 Å². The molecule has 1 aromatic carbocycles. The summed E-state index contributed by atoms with van der Waals surface area (Å²) in [6, 6.07) is 12.2. The summed E-state index contributed by atoms with van der Waals surface area (Å²) in [5.41, 5.74) is 1.70. The Morgan fingerprint density at radius 1 is 1.00 bits per heavy atom. The number of rotatable bonds is 6. The Morgan fingerprint density at radius 3 is 2.30 bits per heavy atom. The maximum absolute atomic E-state index is 11.9. The largest absolute Gasteiger partial charge is 0.481 e. The molecule has 0 amide bonds. The number of esters is 3. The van der Waals surface area contributed by atoms with Gasteiger partial charge in [-0.15, -0.1) is 11.8 Å². The number of ether oxygens (including phenoxy) is 4. The second-order valence-electron chi connectivity index (χ2n) is 7.41. The molecule has 0 aliphatic carbocycles. The third-order valence-corrected chi connectivity index (χ3v) is 6.34. The molecule has 0 spiro atoms. The number of hydrogen-bond acceptors (Lipinski definition) is 10. The van der Waals surface area contributed by atoms with E-state index in [1.165, 1.54) is 27.9 Å². The Hall–Kier alpha value is -3.11. The summed E-state index contributed by atoms with van der Waals surface area (Å²) in [7, 11) is 1.52. The van der Waals surface area contributed by atoms with Crippen molar-refractivity contribution in [2.45, 2.75) is 44.0 Å². The van der Waals surface area contributed by atoms with Crippen LogP contribution in [-0.4, -0.2) is 59.2 Å². The van der Waals surface area contributed by atoms with Gasteiger partial charge in [-0.05, 0) is 17.7 Å². The zero-order chi connectivity index (χ0) is 24.2. The van der Waals surface area contributed by atoms with E-state index in [1.807, 2.05) is 6.07 Å². The van der Waals surface area contributed by atoms with E-state index in [4.69, 9.17) is 18.9 Å². The summed E-state index contributed by atoms with van der Waals surface area (Å²) in [6.45, 7) is 3.59. The summed E-state index contributed by atoms with van der Waals surface area (Å²) < 4.78 is 21.3. The van der Waals surface area contributed by atoms with Gasteiger partial charge in [0.2, 0.25) is 5.88 Å². The van der Waals surface area contributed by atoms with Crippen molar-refractivity contribution in [1.29, 1.82) is 0 Å². The fraction of sp³-hybridized carbons (Fsp3) is 0.391. The molecule has 1 N–H and O–H groups in total. The fourth-order valence-electron chi connectivity index (χ4n) is 3.61. The van der Waals surface area contributed by atoms with Gasteiger partial charge in [-0.1, -0.05) is 24.3 Å². The zero-order valence-electron chi connectivity index (χ0n) is 18.6. The maximum atomic E-state index is 11.9. The van der Waals surface area contributed by atoms with Gasteiger partial charge in [-0.25, -0.2) is 4.98 Å². The number of pyridine rings is 1. The molecule has 0 saturated carbocycles. The summed E-state index contributed by atoms with van der Waals surface area (Å²) >= 11 is 1.03. The highest BCUT2D eigenvalue weighted by Crippen LogP contribution is 2.47. The third kappa shape index (κ3) is 5.63. The first-order chi connectivity index (χ1) is 15.6. The summed E-state index contributed by atoms with van der Waals surface area (Å²) in [6.07, 6.45) is -3.46. The molecule has 0 unspecified atom stereocenters. The van der Waals surface area contributed by atoms with E-state index in [1.54, 1.807) is 36.4 Å². The van der Waals surface area contributed by atoms with Crippen LogP contribution in [0.25, 0.3) is 11.3 Å². The highest BCUT2D eigenvalue weighted by molar-refractivity contribution is 8.00. The van der Waals surface area contributed by atoms with Crippen LogP contribution in [0.4, 0.5) is 0 Å². The van der Waals surface area contributed by atoms with Crippen molar-refractivity contribution in [1.82, 2.24) is 4.98 Å². The number of carbonyl (C=O) groups is 3. The lowest BCUT2D eigenvalue weighted by molar-refractivity contribution is -0.197. The summed E-state index contributed by atoms with van der Waals surface area (Å²) in [5.74, 6) is -1.41. The molecule has 1 fully saturated rings. The molecule has 10 heteroatoms. The Morgan fingerprint density at radius 2 is 1.67 bits per heavy atom. The normalized spacial score (nSPS) is 24.5.